The van der Waals surface area contributed by atoms with Crippen molar-refractivity contribution in [3.8, 4) is 0 Å². The molecule has 0 amide bonds. The van der Waals surface area contributed by atoms with Gasteiger partial charge in [0, 0.05) is 21.1 Å². The molecule has 0 aliphatic heterocycles. The van der Waals surface area contributed by atoms with Crippen molar-refractivity contribution < 1.29 is 26.3 Å². The number of rotatable bonds is 0. The van der Waals surface area contributed by atoms with Gasteiger partial charge < -0.3 is 5.21 Å². The molecule has 8 heteroatoms. The standard InChI is InChI=1S/2H4N2.HNO2.Pt/c2*1-2;2-1-3;/h2*1-2H2;(H,2,3);. The number of nitrogens with zero attached hydrogens (tertiary/aromatic N) is 1. The second kappa shape index (κ2) is 283. The predicted octanol–water partition coefficient (Wildman–Crippen LogP) is -2.22. The van der Waals surface area contributed by atoms with Crippen LogP contribution in [0.25, 0.3) is 0 Å². The van der Waals surface area contributed by atoms with Gasteiger partial charge in [0.2, 0.25) is 0 Å². The number of nitrogens with two attached hydrogens (primary N) is 4. The largest absolute Gasteiger partial charge is 0.379 e. The van der Waals surface area contributed by atoms with Gasteiger partial charge in [-0.1, -0.05) is 0 Å². The van der Waals surface area contributed by atoms with Crippen LogP contribution in [0.3, 0.4) is 0 Å². The maximum atomic E-state index is 8.11. The van der Waals surface area contributed by atoms with Gasteiger partial charge in [0.15, 0.2) is 5.34 Å². The summed E-state index contributed by atoms with van der Waals surface area (Å²) >= 11 is 0. The fourth-order valence-corrected chi connectivity index (χ4v) is 0. The molecule has 0 atom stereocenters. The van der Waals surface area contributed by atoms with Crippen LogP contribution in [-0.2, 0) is 21.1 Å². The summed E-state index contributed by atoms with van der Waals surface area (Å²) < 4.78 is 0. The molecule has 0 spiro atoms. The minimum Gasteiger partial charge on any atom is -0.379 e. The molecular weight excluding hydrogens is 297 g/mol. The van der Waals surface area contributed by atoms with Gasteiger partial charge in [0.05, 0.1) is 0 Å². The van der Waals surface area contributed by atoms with Gasteiger partial charge >= 0.3 is 0 Å². The first-order valence-corrected chi connectivity index (χ1v) is 1.05. The summed E-state index contributed by atoms with van der Waals surface area (Å²) in [6, 6.07) is 0. The summed E-state index contributed by atoms with van der Waals surface area (Å²) in [5, 5.41) is 7.89. The molecule has 0 fully saturated rings. The molecule has 0 unspecified atom stereocenters. The molecule has 0 aromatic carbocycles. The van der Waals surface area contributed by atoms with E-state index in [1.807, 2.05) is 0 Å². The predicted molar refractivity (Wildman–Crippen MR) is 24.3 cm³/mol. The van der Waals surface area contributed by atoms with Crippen LogP contribution < -0.4 is 23.4 Å². The van der Waals surface area contributed by atoms with E-state index in [4.69, 9.17) is 10.1 Å². The molecule has 0 bridgehead atoms. The average molecular weight is 306 g/mol. The fourth-order valence-electron chi connectivity index (χ4n) is 0. The van der Waals surface area contributed by atoms with E-state index in [1.165, 1.54) is 5.34 Å². The number of hydrogen-bond donors (Lipinski definition) is 5. The van der Waals surface area contributed by atoms with Crippen LogP contribution in [0, 0.1) is 4.91 Å². The second-order valence-corrected chi connectivity index (χ2v) is 0.0816. The molecule has 0 aliphatic carbocycles. The molecule has 0 rings (SSSR count). The Morgan fingerprint density at radius 3 is 1.12 bits per heavy atom. The third-order valence-corrected chi connectivity index (χ3v) is 0. The summed E-state index contributed by atoms with van der Waals surface area (Å²) in [5.74, 6) is 16.0. The van der Waals surface area contributed by atoms with Gasteiger partial charge in [-0.2, -0.15) is 0 Å². The first kappa shape index (κ1) is 24.7. The van der Waals surface area contributed by atoms with Crippen LogP contribution >= 0.6 is 0 Å². The van der Waals surface area contributed by atoms with Crippen molar-refractivity contribution >= 4 is 0 Å². The van der Waals surface area contributed by atoms with Gasteiger partial charge in [-0.3, -0.25) is 23.4 Å². The first-order chi connectivity index (χ1) is 3.41. The Morgan fingerprint density at radius 2 is 1.12 bits per heavy atom. The van der Waals surface area contributed by atoms with Gasteiger partial charge in [-0.25, -0.2) is 0 Å². The molecule has 0 aromatic heterocycles. The minimum atomic E-state index is 0. The zero-order chi connectivity index (χ0) is 6.71. The molecule has 0 saturated heterocycles. The Balaban J connectivity index is -0.0000000147. The SMILES string of the molecule is NN.NN.O=NO.[Pt]. The van der Waals surface area contributed by atoms with Crippen molar-refractivity contribution in [2.45, 2.75) is 0 Å². The maximum absolute atomic E-state index is 8.11. The van der Waals surface area contributed by atoms with Crippen LogP contribution in [-0.4, -0.2) is 5.21 Å². The molecule has 7 nitrogen and oxygen atoms in total. The average Bonchev–Trinajstić information content (AvgIpc) is 1.78. The number of hydrazine groups is 2. The Morgan fingerprint density at radius 1 is 1.12 bits per heavy atom. The van der Waals surface area contributed by atoms with E-state index in [2.05, 4.69) is 23.4 Å². The van der Waals surface area contributed by atoms with Crippen molar-refractivity contribution in [3.63, 3.8) is 0 Å². The molecule has 8 heavy (non-hydrogen) atoms. The van der Waals surface area contributed by atoms with E-state index in [0.29, 0.717) is 0 Å². The summed E-state index contributed by atoms with van der Waals surface area (Å²) in [7, 11) is 0. The smallest absolute Gasteiger partial charge is 0.152 e. The van der Waals surface area contributed by atoms with E-state index < -0.39 is 0 Å². The topological polar surface area (TPSA) is 154 Å². The molecule has 0 aliphatic rings. The minimum absolute atomic E-state index is 0. The van der Waals surface area contributed by atoms with Crippen molar-refractivity contribution in [1.29, 1.82) is 0 Å². The van der Waals surface area contributed by atoms with Crippen LogP contribution in [0.2, 0.25) is 0 Å². The van der Waals surface area contributed by atoms with Gasteiger partial charge in [-0.15, -0.1) is 4.91 Å². The van der Waals surface area contributed by atoms with Crippen molar-refractivity contribution in [2.24, 2.45) is 28.7 Å². The molecule has 0 heterocycles. The van der Waals surface area contributed by atoms with Gasteiger partial charge in [0.1, 0.15) is 0 Å². The Bertz CT molecular complexity index is 17.9. The molecule has 9 N–H and O–H groups in total. The maximum Gasteiger partial charge on any atom is 0.152 e. The summed E-state index contributed by atoms with van der Waals surface area (Å²) in [6.07, 6.45) is 0. The number of hydrogen-bond acceptors (Lipinski definition) is 6. The van der Waals surface area contributed by atoms with E-state index in [1.54, 1.807) is 0 Å². The zero-order valence-electron chi connectivity index (χ0n) is 3.93. The third kappa shape index (κ3) is 28000. The van der Waals surface area contributed by atoms with Crippen LogP contribution in [0.4, 0.5) is 0 Å². The van der Waals surface area contributed by atoms with Crippen LogP contribution in [0.1, 0.15) is 0 Å². The zero-order valence-corrected chi connectivity index (χ0v) is 6.20. The molecule has 0 aromatic rings. The third-order valence-electron chi connectivity index (χ3n) is 0. The van der Waals surface area contributed by atoms with Crippen molar-refractivity contribution in [2.75, 3.05) is 0 Å². The second-order valence-electron chi connectivity index (χ2n) is 0.0816. The molecule has 0 radical (unpaired) electrons. The van der Waals surface area contributed by atoms with E-state index in [-0.39, 0.29) is 21.1 Å². The monoisotopic (exact) mass is 306 g/mol. The molecule has 56 valence electrons. The summed E-state index contributed by atoms with van der Waals surface area (Å²) in [6.45, 7) is 0. The van der Waals surface area contributed by atoms with Crippen LogP contribution in [0.15, 0.2) is 5.34 Å². The Labute approximate surface area is 60.5 Å². The van der Waals surface area contributed by atoms with E-state index >= 15 is 0 Å². The molecular formula is H9N5O2Pt. The van der Waals surface area contributed by atoms with Gasteiger partial charge in [0.25, 0.3) is 0 Å². The summed E-state index contributed by atoms with van der Waals surface area (Å²) in [5.41, 5.74) is 0. The van der Waals surface area contributed by atoms with Crippen molar-refractivity contribution in [1.82, 2.24) is 0 Å². The first-order valence-electron chi connectivity index (χ1n) is 1.05. The Hall–Kier alpha value is -0.0717. The van der Waals surface area contributed by atoms with E-state index in [0.717, 1.165) is 0 Å². The van der Waals surface area contributed by atoms with Crippen molar-refractivity contribution in [3.05, 3.63) is 4.91 Å². The summed E-state index contributed by atoms with van der Waals surface area (Å²) in [4.78, 5) is 8.11. The van der Waals surface area contributed by atoms with Crippen LogP contribution in [0.5, 0.6) is 0 Å². The molecule has 0 saturated carbocycles. The Kier molecular flexibility index (Phi) is 871. The quantitative estimate of drug-likeness (QED) is 0.194. The normalized spacial score (nSPS) is 3.00. The van der Waals surface area contributed by atoms with E-state index in [9.17, 15) is 0 Å². The van der Waals surface area contributed by atoms with Gasteiger partial charge in [-0.05, 0) is 0 Å². The fraction of sp³-hybridized carbons (Fsp3) is 0.